The molecule has 5 nitrogen and oxygen atoms in total. The van der Waals surface area contributed by atoms with Crippen molar-refractivity contribution in [3.63, 3.8) is 0 Å². The molecule has 2 unspecified atom stereocenters. The summed E-state index contributed by atoms with van der Waals surface area (Å²) in [6.07, 6.45) is 7.76. The number of carbonyl (C=O) groups is 1. The number of nitrogens with zero attached hydrogens (tertiary/aromatic N) is 1. The van der Waals surface area contributed by atoms with Crippen LogP contribution in [0.2, 0.25) is 0 Å². The maximum atomic E-state index is 11.7. The fourth-order valence-electron chi connectivity index (χ4n) is 2.02. The zero-order valence-electron chi connectivity index (χ0n) is 9.84. The lowest BCUT2D eigenvalue weighted by Crippen LogP contribution is -2.39. The average Bonchev–Trinajstić information content (AvgIpc) is 2.68. The van der Waals surface area contributed by atoms with Crippen molar-refractivity contribution in [3.05, 3.63) is 23.8 Å². The van der Waals surface area contributed by atoms with E-state index < -0.39 is 0 Å². The molecular formula is C12H19N3O2. The summed E-state index contributed by atoms with van der Waals surface area (Å²) in [4.78, 5) is 13.3. The third-order valence-corrected chi connectivity index (χ3v) is 3.15. The molecule has 0 bridgehead atoms. The predicted molar refractivity (Wildman–Crippen MR) is 65.3 cm³/mol. The fraction of sp³-hybridized carbons (Fsp3) is 0.583. The Balaban J connectivity index is 1.78. The molecule has 0 aromatic rings. The van der Waals surface area contributed by atoms with Gasteiger partial charge in [-0.25, -0.2) is 4.79 Å². The predicted octanol–water partition coefficient (Wildman–Crippen LogP) is 0.370. The lowest BCUT2D eigenvalue weighted by molar-refractivity contribution is 0.117. The van der Waals surface area contributed by atoms with E-state index in [9.17, 15) is 4.79 Å². The Bertz CT molecular complexity index is 342. The minimum atomic E-state index is -0.316. The highest BCUT2D eigenvalue weighted by Gasteiger charge is 2.31. The van der Waals surface area contributed by atoms with Gasteiger partial charge in [0.2, 0.25) is 0 Å². The van der Waals surface area contributed by atoms with Gasteiger partial charge in [0.1, 0.15) is 6.61 Å². The van der Waals surface area contributed by atoms with Crippen LogP contribution < -0.4 is 11.5 Å². The molecule has 1 fully saturated rings. The SMILES string of the molecule is NC1CN(C(=O)OCC2=CC=CCC2)CC1N. The van der Waals surface area contributed by atoms with Crippen LogP contribution >= 0.6 is 0 Å². The number of ether oxygens (including phenoxy) is 1. The highest BCUT2D eigenvalue weighted by molar-refractivity contribution is 5.68. The van der Waals surface area contributed by atoms with Crippen LogP contribution in [0.25, 0.3) is 0 Å². The number of carbonyl (C=O) groups excluding carboxylic acids is 1. The second-order valence-electron chi connectivity index (χ2n) is 4.58. The quantitative estimate of drug-likeness (QED) is 0.727. The van der Waals surface area contributed by atoms with Gasteiger partial charge in [0, 0.05) is 25.2 Å². The number of nitrogens with two attached hydrogens (primary N) is 2. The second kappa shape index (κ2) is 5.33. The summed E-state index contributed by atoms with van der Waals surface area (Å²) in [5.41, 5.74) is 12.6. The Labute approximate surface area is 101 Å². The lowest BCUT2D eigenvalue weighted by atomic mass is 10.1. The largest absolute Gasteiger partial charge is 0.445 e. The van der Waals surface area contributed by atoms with Gasteiger partial charge in [-0.05, 0) is 18.4 Å². The number of hydrogen-bond donors (Lipinski definition) is 2. The molecule has 0 aromatic carbocycles. The monoisotopic (exact) mass is 237 g/mol. The first kappa shape index (κ1) is 12.1. The Hall–Kier alpha value is -1.33. The Morgan fingerprint density at radius 3 is 2.71 bits per heavy atom. The van der Waals surface area contributed by atoms with Crippen molar-refractivity contribution in [3.8, 4) is 0 Å². The van der Waals surface area contributed by atoms with Crippen LogP contribution in [0.3, 0.4) is 0 Å². The average molecular weight is 237 g/mol. The Morgan fingerprint density at radius 2 is 2.12 bits per heavy atom. The maximum absolute atomic E-state index is 11.7. The van der Waals surface area contributed by atoms with Gasteiger partial charge in [-0.3, -0.25) is 0 Å². The van der Waals surface area contributed by atoms with Crippen molar-refractivity contribution in [2.24, 2.45) is 11.5 Å². The first-order chi connectivity index (χ1) is 8.16. The van der Waals surface area contributed by atoms with Crippen LogP contribution in [0.4, 0.5) is 4.79 Å². The minimum absolute atomic E-state index is 0.139. The van der Waals surface area contributed by atoms with Gasteiger partial charge >= 0.3 is 6.09 Å². The fourth-order valence-corrected chi connectivity index (χ4v) is 2.02. The molecule has 0 radical (unpaired) electrons. The van der Waals surface area contributed by atoms with Crippen LogP contribution in [0.5, 0.6) is 0 Å². The van der Waals surface area contributed by atoms with Gasteiger partial charge < -0.3 is 21.1 Å². The van der Waals surface area contributed by atoms with E-state index in [1.165, 1.54) is 0 Å². The van der Waals surface area contributed by atoms with Crippen LogP contribution in [0, 0.1) is 0 Å². The third-order valence-electron chi connectivity index (χ3n) is 3.15. The Morgan fingerprint density at radius 1 is 1.41 bits per heavy atom. The van der Waals surface area contributed by atoms with Crippen LogP contribution in [-0.4, -0.2) is 42.8 Å². The molecule has 0 aromatic heterocycles. The van der Waals surface area contributed by atoms with Gasteiger partial charge in [-0.15, -0.1) is 0 Å². The summed E-state index contributed by atoms with van der Waals surface area (Å²) < 4.78 is 5.24. The van der Waals surface area contributed by atoms with E-state index in [2.05, 4.69) is 6.08 Å². The van der Waals surface area contributed by atoms with Crippen molar-refractivity contribution in [2.75, 3.05) is 19.7 Å². The summed E-state index contributed by atoms with van der Waals surface area (Å²) >= 11 is 0. The molecule has 94 valence electrons. The molecule has 1 saturated heterocycles. The molecule has 1 aliphatic heterocycles. The molecule has 2 aliphatic rings. The van der Waals surface area contributed by atoms with Gasteiger partial charge in [0.05, 0.1) is 0 Å². The molecule has 5 heteroatoms. The smallest absolute Gasteiger partial charge is 0.410 e. The van der Waals surface area contributed by atoms with Gasteiger partial charge in [0.15, 0.2) is 0 Å². The van der Waals surface area contributed by atoms with E-state index >= 15 is 0 Å². The molecule has 4 N–H and O–H groups in total. The number of hydrogen-bond acceptors (Lipinski definition) is 4. The number of amides is 1. The Kier molecular flexibility index (Phi) is 3.81. The van der Waals surface area contributed by atoms with E-state index in [1.807, 2.05) is 12.2 Å². The molecule has 2 rings (SSSR count). The second-order valence-corrected chi connectivity index (χ2v) is 4.58. The molecule has 2 atom stereocenters. The zero-order valence-corrected chi connectivity index (χ0v) is 9.84. The van der Waals surface area contributed by atoms with E-state index in [4.69, 9.17) is 16.2 Å². The van der Waals surface area contributed by atoms with Crippen molar-refractivity contribution in [2.45, 2.75) is 24.9 Å². The van der Waals surface area contributed by atoms with Crippen molar-refractivity contribution in [1.29, 1.82) is 0 Å². The van der Waals surface area contributed by atoms with E-state index in [1.54, 1.807) is 4.90 Å². The molecule has 1 amide bonds. The van der Waals surface area contributed by atoms with E-state index in [-0.39, 0.29) is 18.2 Å². The standard InChI is InChI=1S/C12H19N3O2/c13-10-6-15(7-11(10)14)12(16)17-8-9-4-2-1-3-5-9/h1-2,4,10-11H,3,5-8,13-14H2. The minimum Gasteiger partial charge on any atom is -0.445 e. The topological polar surface area (TPSA) is 81.6 Å². The lowest BCUT2D eigenvalue weighted by Gasteiger charge is -2.17. The number of rotatable bonds is 2. The van der Waals surface area contributed by atoms with E-state index in [0.717, 1.165) is 18.4 Å². The molecular weight excluding hydrogens is 218 g/mol. The van der Waals surface area contributed by atoms with Crippen LogP contribution in [0.1, 0.15) is 12.8 Å². The molecule has 1 aliphatic carbocycles. The summed E-state index contributed by atoms with van der Waals surface area (Å²) in [6.45, 7) is 1.34. The van der Waals surface area contributed by atoms with E-state index in [0.29, 0.717) is 19.7 Å². The van der Waals surface area contributed by atoms with Crippen LogP contribution in [0.15, 0.2) is 23.8 Å². The zero-order chi connectivity index (χ0) is 12.3. The third kappa shape index (κ3) is 3.08. The molecule has 1 heterocycles. The molecule has 17 heavy (non-hydrogen) atoms. The van der Waals surface area contributed by atoms with Crippen molar-refractivity contribution < 1.29 is 9.53 Å². The van der Waals surface area contributed by atoms with Crippen molar-refractivity contribution >= 4 is 6.09 Å². The number of likely N-dealkylation sites (tertiary alicyclic amines) is 1. The van der Waals surface area contributed by atoms with Gasteiger partial charge in [-0.2, -0.15) is 0 Å². The van der Waals surface area contributed by atoms with Gasteiger partial charge in [0.25, 0.3) is 0 Å². The first-order valence-electron chi connectivity index (χ1n) is 5.94. The van der Waals surface area contributed by atoms with Crippen molar-refractivity contribution in [1.82, 2.24) is 4.90 Å². The first-order valence-corrected chi connectivity index (χ1v) is 5.94. The maximum Gasteiger partial charge on any atom is 0.410 e. The normalized spacial score (nSPS) is 28.1. The summed E-state index contributed by atoms with van der Waals surface area (Å²) in [6, 6.07) is -0.279. The molecule has 0 saturated carbocycles. The summed E-state index contributed by atoms with van der Waals surface area (Å²) in [7, 11) is 0. The summed E-state index contributed by atoms with van der Waals surface area (Å²) in [5, 5.41) is 0. The molecule has 0 spiro atoms. The number of allylic oxidation sites excluding steroid dienone is 3. The van der Waals surface area contributed by atoms with Crippen LogP contribution in [-0.2, 0) is 4.74 Å². The summed E-state index contributed by atoms with van der Waals surface area (Å²) in [5.74, 6) is 0. The van der Waals surface area contributed by atoms with Gasteiger partial charge in [-0.1, -0.05) is 18.2 Å². The highest BCUT2D eigenvalue weighted by Crippen LogP contribution is 2.13. The highest BCUT2D eigenvalue weighted by atomic mass is 16.6.